The van der Waals surface area contributed by atoms with E-state index in [1.54, 1.807) is 0 Å². The van der Waals surface area contributed by atoms with E-state index in [2.05, 4.69) is 29.3 Å². The van der Waals surface area contributed by atoms with Crippen LogP contribution in [0.4, 0.5) is 0 Å². The van der Waals surface area contributed by atoms with Gasteiger partial charge in [-0.3, -0.25) is 4.84 Å². The normalized spacial score (nSPS) is 36.8. The molecule has 0 bridgehead atoms. The molecule has 3 fully saturated rings. The van der Waals surface area contributed by atoms with Gasteiger partial charge in [-0.2, -0.15) is 5.06 Å². The number of hydroxylamine groups is 2. The van der Waals surface area contributed by atoms with E-state index in [9.17, 15) is 0 Å². The molecule has 0 spiro atoms. The topological polar surface area (TPSA) is 30.9 Å². The standard InChI is InChI=1S/C17H23NO3/c1-2-6-13(7-3-1)16-12-14-15(9-10-18(14)21-16)20-17-8-4-5-11-19-17/h1-3,6-7,14-17H,4-5,8-12H2/t14-,15+,16?,17?/m1/s1. The molecule has 114 valence electrons. The van der Waals surface area contributed by atoms with Crippen LogP contribution >= 0.6 is 0 Å². The van der Waals surface area contributed by atoms with Gasteiger partial charge in [-0.25, -0.2) is 0 Å². The summed E-state index contributed by atoms with van der Waals surface area (Å²) in [5, 5.41) is 2.13. The summed E-state index contributed by atoms with van der Waals surface area (Å²) in [4.78, 5) is 6.10. The van der Waals surface area contributed by atoms with Crippen LogP contribution in [0.1, 0.15) is 43.8 Å². The lowest BCUT2D eigenvalue weighted by atomic mass is 10.0. The molecule has 4 rings (SSSR count). The molecule has 0 N–H and O–H groups in total. The van der Waals surface area contributed by atoms with Gasteiger partial charge in [-0.1, -0.05) is 30.3 Å². The first-order chi connectivity index (χ1) is 10.4. The van der Waals surface area contributed by atoms with Gasteiger partial charge in [-0.05, 0) is 31.2 Å². The van der Waals surface area contributed by atoms with Gasteiger partial charge in [0.05, 0.1) is 12.1 Å². The third kappa shape index (κ3) is 2.86. The van der Waals surface area contributed by atoms with Crippen molar-refractivity contribution < 1.29 is 14.3 Å². The van der Waals surface area contributed by atoms with Crippen molar-refractivity contribution in [2.45, 2.75) is 56.6 Å². The minimum Gasteiger partial charge on any atom is -0.353 e. The predicted octanol–water partition coefficient (Wildman–Crippen LogP) is 3.05. The van der Waals surface area contributed by atoms with Crippen LogP contribution < -0.4 is 0 Å². The first-order valence-electron chi connectivity index (χ1n) is 8.15. The van der Waals surface area contributed by atoms with E-state index in [0.29, 0.717) is 6.04 Å². The minimum atomic E-state index is -0.000486. The zero-order valence-corrected chi connectivity index (χ0v) is 12.3. The summed E-state index contributed by atoms with van der Waals surface area (Å²) in [5.41, 5.74) is 1.26. The SMILES string of the molecule is c1ccc(C2C[C@@H]3[C@@H](OC4CCCCO4)CCN3O2)cc1. The van der Waals surface area contributed by atoms with Gasteiger partial charge in [0, 0.05) is 19.6 Å². The average Bonchev–Trinajstić information content (AvgIpc) is 3.11. The minimum absolute atomic E-state index is 0.000486. The van der Waals surface area contributed by atoms with E-state index < -0.39 is 0 Å². The lowest BCUT2D eigenvalue weighted by Gasteiger charge is -2.28. The van der Waals surface area contributed by atoms with Crippen LogP contribution in [0, 0.1) is 0 Å². The second-order valence-corrected chi connectivity index (χ2v) is 6.21. The van der Waals surface area contributed by atoms with Gasteiger partial charge in [0.25, 0.3) is 0 Å². The Balaban J connectivity index is 1.39. The van der Waals surface area contributed by atoms with Gasteiger partial charge in [0.2, 0.25) is 0 Å². The fourth-order valence-electron chi connectivity index (χ4n) is 3.66. The molecule has 0 aromatic heterocycles. The van der Waals surface area contributed by atoms with Crippen LogP contribution in [0.25, 0.3) is 0 Å². The van der Waals surface area contributed by atoms with E-state index in [1.165, 1.54) is 18.4 Å². The van der Waals surface area contributed by atoms with E-state index in [-0.39, 0.29) is 18.5 Å². The smallest absolute Gasteiger partial charge is 0.158 e. The molecular formula is C17H23NO3. The highest BCUT2D eigenvalue weighted by Crippen LogP contribution is 2.40. The van der Waals surface area contributed by atoms with Crippen molar-refractivity contribution >= 4 is 0 Å². The number of nitrogens with zero attached hydrogens (tertiary/aromatic N) is 1. The third-order valence-corrected chi connectivity index (χ3v) is 4.79. The molecule has 0 radical (unpaired) electrons. The van der Waals surface area contributed by atoms with Gasteiger partial charge in [-0.15, -0.1) is 0 Å². The third-order valence-electron chi connectivity index (χ3n) is 4.79. The lowest BCUT2D eigenvalue weighted by Crippen LogP contribution is -2.35. The Bertz CT molecular complexity index is 460. The Morgan fingerprint density at radius 2 is 2.00 bits per heavy atom. The molecule has 3 heterocycles. The zero-order chi connectivity index (χ0) is 14.1. The van der Waals surface area contributed by atoms with Crippen LogP contribution in [0.15, 0.2) is 30.3 Å². The molecule has 0 aliphatic carbocycles. The van der Waals surface area contributed by atoms with E-state index in [4.69, 9.17) is 14.3 Å². The summed E-state index contributed by atoms with van der Waals surface area (Å²) >= 11 is 0. The molecule has 3 aliphatic heterocycles. The highest BCUT2D eigenvalue weighted by atomic mass is 16.7. The first kappa shape index (κ1) is 13.7. The second-order valence-electron chi connectivity index (χ2n) is 6.21. The second kappa shape index (κ2) is 6.05. The summed E-state index contributed by atoms with van der Waals surface area (Å²) in [7, 11) is 0. The molecule has 1 aromatic rings. The van der Waals surface area contributed by atoms with Gasteiger partial charge in [0.15, 0.2) is 6.29 Å². The molecular weight excluding hydrogens is 266 g/mol. The van der Waals surface area contributed by atoms with E-state index in [1.807, 2.05) is 6.07 Å². The van der Waals surface area contributed by atoms with Crippen LogP contribution in [-0.2, 0) is 14.3 Å². The Morgan fingerprint density at radius 3 is 2.81 bits per heavy atom. The fourth-order valence-corrected chi connectivity index (χ4v) is 3.66. The zero-order valence-electron chi connectivity index (χ0n) is 12.3. The van der Waals surface area contributed by atoms with Crippen LogP contribution in [0.3, 0.4) is 0 Å². The Labute approximate surface area is 125 Å². The number of fused-ring (bicyclic) bond motifs is 1. The predicted molar refractivity (Wildman–Crippen MR) is 78.5 cm³/mol. The van der Waals surface area contributed by atoms with Crippen LogP contribution in [0.2, 0.25) is 0 Å². The van der Waals surface area contributed by atoms with Crippen LogP contribution in [-0.4, -0.2) is 36.7 Å². The maximum atomic E-state index is 6.21. The fraction of sp³-hybridized carbons (Fsp3) is 0.647. The molecule has 3 saturated heterocycles. The summed E-state index contributed by atoms with van der Waals surface area (Å²) in [6.45, 7) is 1.81. The molecule has 3 aliphatic rings. The van der Waals surface area contributed by atoms with Gasteiger partial charge < -0.3 is 9.47 Å². The monoisotopic (exact) mass is 289 g/mol. The Kier molecular flexibility index (Phi) is 3.95. The van der Waals surface area contributed by atoms with Crippen molar-refractivity contribution in [3.05, 3.63) is 35.9 Å². The number of rotatable bonds is 3. The number of hydrogen-bond acceptors (Lipinski definition) is 4. The molecule has 4 atom stereocenters. The van der Waals surface area contributed by atoms with Crippen molar-refractivity contribution in [3.63, 3.8) is 0 Å². The summed E-state index contributed by atoms with van der Waals surface area (Å²) in [6, 6.07) is 10.9. The van der Waals surface area contributed by atoms with E-state index >= 15 is 0 Å². The quantitative estimate of drug-likeness (QED) is 0.856. The highest BCUT2D eigenvalue weighted by Gasteiger charge is 2.45. The number of benzene rings is 1. The van der Waals surface area contributed by atoms with Gasteiger partial charge >= 0.3 is 0 Å². The summed E-state index contributed by atoms with van der Waals surface area (Å²) in [5.74, 6) is 0. The molecule has 0 amide bonds. The molecule has 4 nitrogen and oxygen atoms in total. The highest BCUT2D eigenvalue weighted by molar-refractivity contribution is 5.19. The number of hydrogen-bond donors (Lipinski definition) is 0. The maximum absolute atomic E-state index is 6.21. The lowest BCUT2D eigenvalue weighted by molar-refractivity contribution is -0.200. The molecule has 2 unspecified atom stereocenters. The molecule has 21 heavy (non-hydrogen) atoms. The van der Waals surface area contributed by atoms with Crippen molar-refractivity contribution in [2.75, 3.05) is 13.2 Å². The van der Waals surface area contributed by atoms with Crippen LogP contribution in [0.5, 0.6) is 0 Å². The van der Waals surface area contributed by atoms with Crippen molar-refractivity contribution in [1.82, 2.24) is 5.06 Å². The van der Waals surface area contributed by atoms with Crippen molar-refractivity contribution in [2.24, 2.45) is 0 Å². The Hall–Kier alpha value is -0.940. The largest absolute Gasteiger partial charge is 0.353 e. The Morgan fingerprint density at radius 1 is 1.10 bits per heavy atom. The summed E-state index contributed by atoms with van der Waals surface area (Å²) < 4.78 is 11.9. The average molecular weight is 289 g/mol. The molecule has 1 aromatic carbocycles. The molecule has 4 heteroatoms. The molecule has 0 saturated carbocycles. The van der Waals surface area contributed by atoms with Crippen molar-refractivity contribution in [1.29, 1.82) is 0 Å². The summed E-state index contributed by atoms with van der Waals surface area (Å²) in [6.07, 6.45) is 5.91. The van der Waals surface area contributed by atoms with Gasteiger partial charge in [0.1, 0.15) is 6.10 Å². The van der Waals surface area contributed by atoms with E-state index in [0.717, 1.165) is 32.4 Å². The van der Waals surface area contributed by atoms with Crippen molar-refractivity contribution in [3.8, 4) is 0 Å². The maximum Gasteiger partial charge on any atom is 0.158 e. The number of ether oxygens (including phenoxy) is 2. The first-order valence-corrected chi connectivity index (χ1v) is 8.15.